The summed E-state index contributed by atoms with van der Waals surface area (Å²) in [5.74, 6) is 1.11. The van der Waals surface area contributed by atoms with Crippen LogP contribution in [-0.4, -0.2) is 33.8 Å². The number of carbonyl (C=O) groups is 1. The van der Waals surface area contributed by atoms with Crippen LogP contribution in [-0.2, 0) is 12.8 Å². The smallest absolute Gasteiger partial charge is 0.248 e. The highest BCUT2D eigenvalue weighted by Crippen LogP contribution is 2.27. The summed E-state index contributed by atoms with van der Waals surface area (Å²) in [5, 5.41) is 9.52. The van der Waals surface area contributed by atoms with Crippen LogP contribution in [0, 0.1) is 0 Å². The third-order valence-electron chi connectivity index (χ3n) is 4.67. The maximum atomic E-state index is 11.3. The van der Waals surface area contributed by atoms with E-state index in [1.54, 1.807) is 17.8 Å². The fraction of sp³-hybridized carbons (Fsp3) is 0.286. The first-order valence-corrected chi connectivity index (χ1v) is 10.3. The van der Waals surface area contributed by atoms with Gasteiger partial charge in [0.25, 0.3) is 0 Å². The summed E-state index contributed by atoms with van der Waals surface area (Å²) in [6.07, 6.45) is 0. The Labute approximate surface area is 169 Å². The standard InChI is InChI=1S/C21H25N5OS/c1-4-26(5-2)18-11-9-16(10-12-18)20-23-24-21(25(20)3)28-14-15-7-6-8-17(13-15)19(22)27/h6-13H,4-5,14H2,1-3H3,(H2,22,27). The summed E-state index contributed by atoms with van der Waals surface area (Å²) >= 11 is 1.58. The molecule has 0 aliphatic heterocycles. The second kappa shape index (κ2) is 8.93. The highest BCUT2D eigenvalue weighted by molar-refractivity contribution is 7.98. The first kappa shape index (κ1) is 19.9. The molecule has 3 rings (SSSR count). The first-order chi connectivity index (χ1) is 13.5. The Morgan fingerprint density at radius 3 is 2.46 bits per heavy atom. The van der Waals surface area contributed by atoms with Crippen molar-refractivity contribution in [3.05, 3.63) is 59.7 Å². The van der Waals surface area contributed by atoms with E-state index < -0.39 is 5.91 Å². The second-order valence-electron chi connectivity index (χ2n) is 6.44. The zero-order chi connectivity index (χ0) is 20.1. The molecule has 0 spiro atoms. The quantitative estimate of drug-likeness (QED) is 0.588. The molecule has 0 fully saturated rings. The fourth-order valence-corrected chi connectivity index (χ4v) is 3.92. The van der Waals surface area contributed by atoms with Gasteiger partial charge in [0.1, 0.15) is 0 Å². The second-order valence-corrected chi connectivity index (χ2v) is 7.38. The van der Waals surface area contributed by atoms with Crippen molar-refractivity contribution in [2.24, 2.45) is 12.8 Å². The Kier molecular flexibility index (Phi) is 6.36. The Morgan fingerprint density at radius 1 is 1.11 bits per heavy atom. The number of hydrogen-bond donors (Lipinski definition) is 1. The van der Waals surface area contributed by atoms with Crippen molar-refractivity contribution >= 4 is 23.4 Å². The molecule has 1 heterocycles. The van der Waals surface area contributed by atoms with E-state index in [0.717, 1.165) is 35.2 Å². The number of primary amides is 1. The number of nitrogens with two attached hydrogens (primary N) is 1. The molecule has 3 aromatic rings. The fourth-order valence-electron chi connectivity index (χ4n) is 3.06. The van der Waals surface area contributed by atoms with Gasteiger partial charge in [0.15, 0.2) is 11.0 Å². The number of nitrogens with zero attached hydrogens (tertiary/aromatic N) is 4. The summed E-state index contributed by atoms with van der Waals surface area (Å²) in [7, 11) is 1.97. The molecule has 0 aliphatic carbocycles. The predicted octanol–water partition coefficient (Wildman–Crippen LogP) is 3.72. The van der Waals surface area contributed by atoms with Crippen molar-refractivity contribution < 1.29 is 4.79 Å². The molecule has 0 atom stereocenters. The average molecular weight is 396 g/mol. The van der Waals surface area contributed by atoms with Gasteiger partial charge in [0.05, 0.1) is 0 Å². The predicted molar refractivity (Wildman–Crippen MR) is 115 cm³/mol. The molecule has 6 nitrogen and oxygen atoms in total. The minimum absolute atomic E-state index is 0.416. The molecule has 0 radical (unpaired) electrons. The van der Waals surface area contributed by atoms with E-state index in [-0.39, 0.29) is 0 Å². The molecule has 0 saturated carbocycles. The van der Waals surface area contributed by atoms with Crippen LogP contribution in [0.4, 0.5) is 5.69 Å². The van der Waals surface area contributed by atoms with E-state index >= 15 is 0 Å². The molecule has 1 aromatic heterocycles. The number of thioether (sulfide) groups is 1. The molecule has 2 N–H and O–H groups in total. The van der Waals surface area contributed by atoms with Gasteiger partial charge >= 0.3 is 0 Å². The number of aromatic nitrogens is 3. The first-order valence-electron chi connectivity index (χ1n) is 9.29. The van der Waals surface area contributed by atoms with Crippen molar-refractivity contribution in [1.82, 2.24) is 14.8 Å². The number of anilines is 1. The van der Waals surface area contributed by atoms with E-state index in [1.165, 1.54) is 5.69 Å². The van der Waals surface area contributed by atoms with Crippen LogP contribution in [0.3, 0.4) is 0 Å². The van der Waals surface area contributed by atoms with Crippen LogP contribution < -0.4 is 10.6 Å². The highest BCUT2D eigenvalue weighted by atomic mass is 32.2. The zero-order valence-corrected chi connectivity index (χ0v) is 17.2. The summed E-state index contributed by atoms with van der Waals surface area (Å²) < 4.78 is 2.00. The summed E-state index contributed by atoms with van der Waals surface area (Å²) in [5.41, 5.74) is 9.14. The van der Waals surface area contributed by atoms with Crippen LogP contribution in [0.1, 0.15) is 29.8 Å². The van der Waals surface area contributed by atoms with Crippen molar-refractivity contribution in [2.45, 2.75) is 24.8 Å². The van der Waals surface area contributed by atoms with Crippen LogP contribution in [0.15, 0.2) is 53.7 Å². The van der Waals surface area contributed by atoms with Gasteiger partial charge in [-0.05, 0) is 55.8 Å². The molecule has 0 bridgehead atoms. The number of benzene rings is 2. The van der Waals surface area contributed by atoms with Crippen molar-refractivity contribution in [3.63, 3.8) is 0 Å². The molecule has 0 unspecified atom stereocenters. The average Bonchev–Trinajstić information content (AvgIpc) is 3.08. The van der Waals surface area contributed by atoms with Crippen molar-refractivity contribution in [1.29, 1.82) is 0 Å². The lowest BCUT2D eigenvalue weighted by molar-refractivity contribution is 0.1000. The lowest BCUT2D eigenvalue weighted by Gasteiger charge is -2.21. The molecule has 2 aromatic carbocycles. The van der Waals surface area contributed by atoms with Gasteiger partial charge in [-0.15, -0.1) is 10.2 Å². The lowest BCUT2D eigenvalue weighted by atomic mass is 10.1. The Bertz CT molecular complexity index is 948. The third kappa shape index (κ3) is 4.36. The van der Waals surface area contributed by atoms with Gasteiger partial charge in [0, 0.05) is 42.7 Å². The number of hydrogen-bond acceptors (Lipinski definition) is 5. The molecule has 146 valence electrons. The van der Waals surface area contributed by atoms with Crippen LogP contribution in [0.25, 0.3) is 11.4 Å². The van der Waals surface area contributed by atoms with Crippen LogP contribution >= 0.6 is 11.8 Å². The summed E-state index contributed by atoms with van der Waals surface area (Å²) in [6.45, 7) is 6.28. The summed E-state index contributed by atoms with van der Waals surface area (Å²) in [6, 6.07) is 15.8. The minimum atomic E-state index is -0.416. The monoisotopic (exact) mass is 395 g/mol. The van der Waals surface area contributed by atoms with Gasteiger partial charge in [0.2, 0.25) is 5.91 Å². The highest BCUT2D eigenvalue weighted by Gasteiger charge is 2.12. The Hall–Kier alpha value is -2.80. The minimum Gasteiger partial charge on any atom is -0.372 e. The number of carbonyl (C=O) groups excluding carboxylic acids is 1. The topological polar surface area (TPSA) is 77.0 Å². The Balaban J connectivity index is 1.73. The third-order valence-corrected chi connectivity index (χ3v) is 5.76. The molecule has 28 heavy (non-hydrogen) atoms. The molecule has 7 heteroatoms. The van der Waals surface area contributed by atoms with Crippen molar-refractivity contribution in [3.8, 4) is 11.4 Å². The molecule has 0 aliphatic rings. The van der Waals surface area contributed by atoms with Gasteiger partial charge in [-0.1, -0.05) is 23.9 Å². The van der Waals surface area contributed by atoms with Gasteiger partial charge in [-0.25, -0.2) is 0 Å². The maximum absolute atomic E-state index is 11.3. The maximum Gasteiger partial charge on any atom is 0.248 e. The zero-order valence-electron chi connectivity index (χ0n) is 16.4. The van der Waals surface area contributed by atoms with Crippen molar-refractivity contribution in [2.75, 3.05) is 18.0 Å². The number of rotatable bonds is 8. The van der Waals surface area contributed by atoms with E-state index in [4.69, 9.17) is 5.73 Å². The normalized spacial score (nSPS) is 10.8. The van der Waals surface area contributed by atoms with Gasteiger partial charge in [-0.3, -0.25) is 4.79 Å². The van der Waals surface area contributed by atoms with E-state index in [2.05, 4.69) is 53.2 Å². The largest absolute Gasteiger partial charge is 0.372 e. The number of amides is 1. The van der Waals surface area contributed by atoms with E-state index in [1.807, 2.05) is 29.8 Å². The molecular formula is C21H25N5OS. The molecule has 0 saturated heterocycles. The van der Waals surface area contributed by atoms with E-state index in [0.29, 0.717) is 11.3 Å². The molecule has 1 amide bonds. The molecular weight excluding hydrogens is 370 g/mol. The van der Waals surface area contributed by atoms with Gasteiger partial charge in [-0.2, -0.15) is 0 Å². The van der Waals surface area contributed by atoms with Crippen LogP contribution in [0.2, 0.25) is 0 Å². The van der Waals surface area contributed by atoms with Crippen LogP contribution in [0.5, 0.6) is 0 Å². The van der Waals surface area contributed by atoms with E-state index in [9.17, 15) is 4.79 Å². The summed E-state index contributed by atoms with van der Waals surface area (Å²) in [4.78, 5) is 13.6. The Morgan fingerprint density at radius 2 is 1.82 bits per heavy atom. The van der Waals surface area contributed by atoms with Gasteiger partial charge < -0.3 is 15.2 Å². The SMILES string of the molecule is CCN(CC)c1ccc(-c2nnc(SCc3cccc(C(N)=O)c3)n2C)cc1. The lowest BCUT2D eigenvalue weighted by Crippen LogP contribution is -2.21.